The van der Waals surface area contributed by atoms with Crippen molar-refractivity contribution in [2.45, 2.75) is 53.9 Å². The second-order valence-electron chi connectivity index (χ2n) is 10.2. The Labute approximate surface area is 236 Å². The molecule has 1 saturated carbocycles. The average Bonchev–Trinajstić information content (AvgIpc) is 3.42. The number of hydrogen-bond acceptors (Lipinski definition) is 8. The molecule has 2 saturated heterocycles. The standard InChI is InChI=1S/C29H32N2O6S2/c1-2-37-22(32)15-9-14-20-23-24(33)28(17-39-23,31-27(35)19-12-7-4-8-13-19)29(36)21(16-38-25(20)29)30-26(34)18-10-5-3-6-11-18/h3-8,10-13,20-21,23,25,36H,2,9,14-17H2,1H3,(H,30,34)(H,31,35). The van der Waals surface area contributed by atoms with Gasteiger partial charge >= 0.3 is 5.97 Å². The molecule has 1 aliphatic carbocycles. The maximum absolute atomic E-state index is 14.1. The molecule has 2 amide bonds. The molecule has 6 atom stereocenters. The molecule has 3 fully saturated rings. The molecule has 0 radical (unpaired) electrons. The molecule has 6 unspecified atom stereocenters. The minimum Gasteiger partial charge on any atom is -0.466 e. The van der Waals surface area contributed by atoms with E-state index in [2.05, 4.69) is 10.6 Å². The first-order valence-corrected chi connectivity index (χ1v) is 15.3. The molecule has 2 bridgehead atoms. The van der Waals surface area contributed by atoms with Crippen molar-refractivity contribution >= 4 is 47.1 Å². The quantitative estimate of drug-likeness (QED) is 0.395. The number of hydrogen-bond donors (Lipinski definition) is 3. The molecule has 3 aliphatic rings. The van der Waals surface area contributed by atoms with Gasteiger partial charge in [-0.15, -0.1) is 11.8 Å². The van der Waals surface area contributed by atoms with E-state index < -0.39 is 33.6 Å². The van der Waals surface area contributed by atoms with Crippen molar-refractivity contribution in [1.29, 1.82) is 0 Å². The molecule has 8 nitrogen and oxygen atoms in total. The molecule has 2 aliphatic heterocycles. The Balaban J connectivity index is 1.47. The van der Waals surface area contributed by atoms with Crippen molar-refractivity contribution < 1.29 is 29.0 Å². The highest BCUT2D eigenvalue weighted by Gasteiger charge is 2.75. The van der Waals surface area contributed by atoms with Gasteiger partial charge in [-0.1, -0.05) is 36.4 Å². The number of carbonyl (C=O) groups excluding carboxylic acids is 4. The van der Waals surface area contributed by atoms with Gasteiger partial charge in [0.1, 0.15) is 11.1 Å². The lowest BCUT2D eigenvalue weighted by Gasteiger charge is -2.52. The summed E-state index contributed by atoms with van der Waals surface area (Å²) in [5, 5.41) is 17.8. The zero-order valence-electron chi connectivity index (χ0n) is 21.6. The molecule has 2 heterocycles. The van der Waals surface area contributed by atoms with Crippen LogP contribution >= 0.6 is 23.5 Å². The molecule has 0 spiro atoms. The van der Waals surface area contributed by atoms with Crippen LogP contribution in [0.4, 0.5) is 0 Å². The molecule has 0 aromatic heterocycles. The number of fused-ring (bicyclic) bond motifs is 4. The van der Waals surface area contributed by atoms with Gasteiger partial charge in [0, 0.05) is 34.3 Å². The van der Waals surface area contributed by atoms with E-state index in [9.17, 15) is 24.3 Å². The first kappa shape index (κ1) is 27.7. The number of esters is 1. The highest BCUT2D eigenvalue weighted by atomic mass is 32.2. The molecule has 39 heavy (non-hydrogen) atoms. The average molecular weight is 569 g/mol. The Morgan fingerprint density at radius 2 is 1.64 bits per heavy atom. The summed E-state index contributed by atoms with van der Waals surface area (Å²) in [7, 11) is 0. The van der Waals surface area contributed by atoms with E-state index in [1.165, 1.54) is 23.5 Å². The molecular weight excluding hydrogens is 536 g/mol. The third-order valence-corrected chi connectivity index (χ3v) is 11.1. The predicted octanol–water partition coefficient (Wildman–Crippen LogP) is 2.85. The SMILES string of the molecule is CCOC(=O)CCCC1C2SCC(NC(=O)c3ccccc3)(C2=O)C2(O)C(NC(=O)c3ccccc3)CSC12. The van der Waals surface area contributed by atoms with Gasteiger partial charge in [-0.3, -0.25) is 19.2 Å². The predicted molar refractivity (Wildman–Crippen MR) is 151 cm³/mol. The van der Waals surface area contributed by atoms with E-state index in [-0.39, 0.29) is 35.8 Å². The smallest absolute Gasteiger partial charge is 0.305 e. The number of amides is 2. The first-order valence-electron chi connectivity index (χ1n) is 13.2. The number of benzene rings is 2. The normalized spacial score (nSPS) is 30.9. The fraction of sp³-hybridized carbons (Fsp3) is 0.448. The summed E-state index contributed by atoms with van der Waals surface area (Å²) >= 11 is 2.96. The van der Waals surface area contributed by atoms with E-state index in [0.29, 0.717) is 36.3 Å². The van der Waals surface area contributed by atoms with Crippen molar-refractivity contribution in [2.75, 3.05) is 18.1 Å². The van der Waals surface area contributed by atoms with Crippen LogP contribution in [0.5, 0.6) is 0 Å². The van der Waals surface area contributed by atoms with Crippen LogP contribution in [0.1, 0.15) is 46.9 Å². The molecule has 3 N–H and O–H groups in total. The lowest BCUT2D eigenvalue weighted by molar-refractivity contribution is -0.145. The summed E-state index contributed by atoms with van der Waals surface area (Å²) in [5.74, 6) is -0.934. The van der Waals surface area contributed by atoms with Gasteiger partial charge < -0.3 is 20.5 Å². The minimum absolute atomic E-state index is 0.203. The number of thioether (sulfide) groups is 2. The Kier molecular flexibility index (Phi) is 8.07. The highest BCUT2D eigenvalue weighted by molar-refractivity contribution is 8.02. The van der Waals surface area contributed by atoms with Crippen molar-refractivity contribution in [2.24, 2.45) is 5.92 Å². The fourth-order valence-corrected chi connectivity index (χ4v) is 9.86. The van der Waals surface area contributed by atoms with Crippen LogP contribution in [0.3, 0.4) is 0 Å². The number of aliphatic hydroxyl groups is 1. The lowest BCUT2D eigenvalue weighted by Crippen LogP contribution is -2.80. The van der Waals surface area contributed by atoms with E-state index in [0.717, 1.165) is 0 Å². The minimum atomic E-state index is -1.72. The first-order chi connectivity index (χ1) is 18.8. The Bertz CT molecular complexity index is 1240. The number of ketones is 1. The molecule has 2 aromatic carbocycles. The number of carbonyl (C=O) groups is 4. The van der Waals surface area contributed by atoms with Crippen molar-refractivity contribution in [3.63, 3.8) is 0 Å². The van der Waals surface area contributed by atoms with Crippen molar-refractivity contribution in [3.05, 3.63) is 71.8 Å². The van der Waals surface area contributed by atoms with Crippen LogP contribution in [0.15, 0.2) is 60.7 Å². The van der Waals surface area contributed by atoms with Gasteiger partial charge in [0.25, 0.3) is 11.8 Å². The van der Waals surface area contributed by atoms with E-state index in [1.807, 2.05) is 6.07 Å². The molecule has 2 aromatic rings. The maximum Gasteiger partial charge on any atom is 0.305 e. The Morgan fingerprint density at radius 1 is 1.00 bits per heavy atom. The van der Waals surface area contributed by atoms with Crippen LogP contribution < -0.4 is 10.6 Å². The Morgan fingerprint density at radius 3 is 2.28 bits per heavy atom. The summed E-state index contributed by atoms with van der Waals surface area (Å²) in [6.07, 6.45) is 1.30. The van der Waals surface area contributed by atoms with Crippen LogP contribution in [0.2, 0.25) is 0 Å². The second kappa shape index (κ2) is 11.3. The van der Waals surface area contributed by atoms with Gasteiger partial charge in [0.15, 0.2) is 5.78 Å². The number of ether oxygens (including phenoxy) is 1. The molecular formula is C29H32N2O6S2. The summed E-state index contributed by atoms with van der Waals surface area (Å²) < 4.78 is 5.06. The largest absolute Gasteiger partial charge is 0.466 e. The van der Waals surface area contributed by atoms with E-state index in [1.54, 1.807) is 61.5 Å². The molecule has 10 heteroatoms. The van der Waals surface area contributed by atoms with Gasteiger partial charge in [-0.05, 0) is 49.9 Å². The molecule has 206 valence electrons. The van der Waals surface area contributed by atoms with Crippen LogP contribution in [-0.2, 0) is 14.3 Å². The highest BCUT2D eigenvalue weighted by Crippen LogP contribution is 2.59. The van der Waals surface area contributed by atoms with Crippen molar-refractivity contribution in [3.8, 4) is 0 Å². The van der Waals surface area contributed by atoms with Gasteiger partial charge in [-0.25, -0.2) is 0 Å². The number of Topliss-reactive ketones (excluding diaryl/α,β-unsaturated/α-hetero) is 1. The second-order valence-corrected chi connectivity index (χ2v) is 12.5. The fourth-order valence-electron chi connectivity index (χ4n) is 6.09. The van der Waals surface area contributed by atoms with Crippen LogP contribution in [0, 0.1) is 5.92 Å². The summed E-state index contributed by atoms with van der Waals surface area (Å²) in [6.45, 7) is 2.07. The summed E-state index contributed by atoms with van der Waals surface area (Å²) in [5.41, 5.74) is -2.45. The van der Waals surface area contributed by atoms with Gasteiger partial charge in [0.05, 0.1) is 17.9 Å². The van der Waals surface area contributed by atoms with Crippen LogP contribution in [0.25, 0.3) is 0 Å². The van der Waals surface area contributed by atoms with Crippen molar-refractivity contribution in [1.82, 2.24) is 10.6 Å². The van der Waals surface area contributed by atoms with E-state index in [4.69, 9.17) is 4.74 Å². The van der Waals surface area contributed by atoms with Crippen LogP contribution in [-0.4, -0.2) is 74.5 Å². The van der Waals surface area contributed by atoms with E-state index >= 15 is 0 Å². The summed E-state index contributed by atoms with van der Waals surface area (Å²) in [6, 6.07) is 16.6. The third kappa shape index (κ3) is 4.87. The zero-order valence-corrected chi connectivity index (χ0v) is 23.3. The maximum atomic E-state index is 14.1. The summed E-state index contributed by atoms with van der Waals surface area (Å²) in [4.78, 5) is 52.7. The topological polar surface area (TPSA) is 122 Å². The zero-order chi connectivity index (χ0) is 27.6. The lowest BCUT2D eigenvalue weighted by atomic mass is 9.61. The molecule has 5 rings (SSSR count). The Hall–Kier alpha value is -2.82. The monoisotopic (exact) mass is 568 g/mol. The number of rotatable bonds is 9. The third-order valence-electron chi connectivity index (χ3n) is 7.96. The van der Waals surface area contributed by atoms with Gasteiger partial charge in [0.2, 0.25) is 0 Å². The number of nitrogens with one attached hydrogen (secondary N) is 2. The van der Waals surface area contributed by atoms with Gasteiger partial charge in [-0.2, -0.15) is 11.8 Å².